The molecule has 132 valence electrons. The molecule has 1 aliphatic rings. The summed E-state index contributed by atoms with van der Waals surface area (Å²) in [6.07, 6.45) is 4.54. The van der Waals surface area contributed by atoms with Crippen molar-refractivity contribution in [2.45, 2.75) is 18.8 Å². The molecule has 3 heterocycles. The average molecular weight is 350 g/mol. The summed E-state index contributed by atoms with van der Waals surface area (Å²) in [6, 6.07) is 9.62. The number of nitrogens with zero attached hydrogens (tertiary/aromatic N) is 4. The molecule has 0 aliphatic carbocycles. The van der Waals surface area contributed by atoms with Crippen LogP contribution < -0.4 is 5.69 Å². The van der Waals surface area contributed by atoms with Crippen LogP contribution in [0.5, 0.6) is 0 Å². The van der Waals surface area contributed by atoms with E-state index in [-0.39, 0.29) is 17.5 Å². The van der Waals surface area contributed by atoms with Crippen molar-refractivity contribution in [2.75, 3.05) is 13.1 Å². The van der Waals surface area contributed by atoms with Gasteiger partial charge < -0.3 is 4.90 Å². The van der Waals surface area contributed by atoms with Crippen molar-refractivity contribution in [2.24, 2.45) is 0 Å². The number of aromatic amines is 2. The number of hydrogen-bond acceptors (Lipinski definition) is 5. The van der Waals surface area contributed by atoms with Crippen LogP contribution >= 0.6 is 0 Å². The number of benzene rings is 1. The number of rotatable bonds is 3. The highest BCUT2D eigenvalue weighted by Gasteiger charge is 2.28. The second-order valence-electron chi connectivity index (χ2n) is 6.28. The van der Waals surface area contributed by atoms with Gasteiger partial charge in [0.05, 0.1) is 11.3 Å². The van der Waals surface area contributed by atoms with Gasteiger partial charge in [-0.3, -0.25) is 9.78 Å². The standard InChI is InChI=1S/C18H18N6O2/c25-17(14-10-19-11-20-15(14)12-4-2-1-3-5-12)24-8-6-13(7-9-24)16-21-18(26)23-22-16/h1-5,10-11,13H,6-9H2,(H2,21,22,23,26). The van der Waals surface area contributed by atoms with Crippen LogP contribution in [0.1, 0.15) is 34.9 Å². The SMILES string of the molecule is O=C(c1cncnc1-c1ccccc1)N1CCC(c2n[nH]c(=O)[nH]2)CC1. The number of piperidine rings is 1. The zero-order chi connectivity index (χ0) is 17.9. The van der Waals surface area contributed by atoms with Crippen molar-refractivity contribution < 1.29 is 4.79 Å². The van der Waals surface area contributed by atoms with E-state index < -0.39 is 0 Å². The highest BCUT2D eigenvalue weighted by atomic mass is 16.2. The molecule has 1 aromatic carbocycles. The Morgan fingerprint density at radius 3 is 2.62 bits per heavy atom. The summed E-state index contributed by atoms with van der Waals surface area (Å²) < 4.78 is 0. The number of amides is 1. The number of hydrogen-bond donors (Lipinski definition) is 2. The number of likely N-dealkylation sites (tertiary alicyclic amines) is 1. The van der Waals surface area contributed by atoms with Crippen LogP contribution in [0.2, 0.25) is 0 Å². The zero-order valence-electron chi connectivity index (χ0n) is 14.1. The molecule has 0 bridgehead atoms. The molecule has 1 fully saturated rings. The lowest BCUT2D eigenvalue weighted by Crippen LogP contribution is -2.38. The first-order valence-electron chi connectivity index (χ1n) is 8.51. The third-order valence-corrected chi connectivity index (χ3v) is 4.68. The van der Waals surface area contributed by atoms with E-state index in [2.05, 4.69) is 25.1 Å². The van der Waals surface area contributed by atoms with E-state index in [0.717, 1.165) is 18.4 Å². The largest absolute Gasteiger partial charge is 0.340 e. The van der Waals surface area contributed by atoms with Crippen LogP contribution in [0, 0.1) is 0 Å². The minimum Gasteiger partial charge on any atom is -0.338 e. The van der Waals surface area contributed by atoms with E-state index in [1.54, 1.807) is 6.20 Å². The third kappa shape index (κ3) is 3.13. The maximum Gasteiger partial charge on any atom is 0.340 e. The second-order valence-corrected chi connectivity index (χ2v) is 6.28. The lowest BCUT2D eigenvalue weighted by Gasteiger charge is -2.31. The van der Waals surface area contributed by atoms with Crippen molar-refractivity contribution in [1.29, 1.82) is 0 Å². The molecule has 26 heavy (non-hydrogen) atoms. The van der Waals surface area contributed by atoms with Crippen LogP contribution in [-0.4, -0.2) is 49.0 Å². The summed E-state index contributed by atoms with van der Waals surface area (Å²) in [5.74, 6) is 0.743. The van der Waals surface area contributed by atoms with E-state index in [1.807, 2.05) is 35.2 Å². The van der Waals surface area contributed by atoms with Gasteiger partial charge >= 0.3 is 5.69 Å². The molecule has 1 amide bonds. The van der Waals surface area contributed by atoms with Crippen LogP contribution in [0.3, 0.4) is 0 Å². The molecule has 3 aromatic rings. The summed E-state index contributed by atoms with van der Waals surface area (Å²) in [6.45, 7) is 1.20. The maximum absolute atomic E-state index is 13.0. The van der Waals surface area contributed by atoms with Gasteiger partial charge in [-0.05, 0) is 12.8 Å². The molecule has 1 saturated heterocycles. The number of aromatic nitrogens is 5. The molecule has 0 saturated carbocycles. The Labute approximate surface area is 149 Å². The fourth-order valence-electron chi connectivity index (χ4n) is 3.32. The highest BCUT2D eigenvalue weighted by molar-refractivity contribution is 5.99. The predicted molar refractivity (Wildman–Crippen MR) is 94.6 cm³/mol. The maximum atomic E-state index is 13.0. The van der Waals surface area contributed by atoms with E-state index in [0.29, 0.717) is 30.2 Å². The average Bonchev–Trinajstić information content (AvgIpc) is 3.14. The first kappa shape index (κ1) is 16.2. The van der Waals surface area contributed by atoms with Crippen molar-refractivity contribution in [3.8, 4) is 11.3 Å². The summed E-state index contributed by atoms with van der Waals surface area (Å²) in [5, 5.41) is 6.40. The quantitative estimate of drug-likeness (QED) is 0.745. The minimum absolute atomic E-state index is 0.0709. The number of H-pyrrole nitrogens is 2. The lowest BCUT2D eigenvalue weighted by atomic mass is 9.95. The van der Waals surface area contributed by atoms with E-state index >= 15 is 0 Å². The Kier molecular flexibility index (Phi) is 4.30. The molecule has 1 aliphatic heterocycles. The summed E-state index contributed by atoms with van der Waals surface area (Å²) >= 11 is 0. The molecule has 2 N–H and O–H groups in total. The van der Waals surface area contributed by atoms with Gasteiger partial charge in [0, 0.05) is 30.8 Å². The predicted octanol–water partition coefficient (Wildman–Crippen LogP) is 1.57. The Hall–Kier alpha value is -3.29. The van der Waals surface area contributed by atoms with Gasteiger partial charge in [0.1, 0.15) is 12.2 Å². The molecule has 0 atom stereocenters. The van der Waals surface area contributed by atoms with Gasteiger partial charge in [-0.25, -0.2) is 19.9 Å². The van der Waals surface area contributed by atoms with Crippen molar-refractivity contribution >= 4 is 5.91 Å². The number of carbonyl (C=O) groups is 1. The van der Waals surface area contributed by atoms with Crippen molar-refractivity contribution in [1.82, 2.24) is 30.0 Å². The summed E-state index contributed by atoms with van der Waals surface area (Å²) in [5.41, 5.74) is 1.74. The Balaban J connectivity index is 1.52. The van der Waals surface area contributed by atoms with E-state index in [9.17, 15) is 9.59 Å². The molecule has 4 rings (SSSR count). The van der Waals surface area contributed by atoms with Crippen LogP contribution in [-0.2, 0) is 0 Å². The molecular weight excluding hydrogens is 332 g/mol. The number of nitrogens with one attached hydrogen (secondary N) is 2. The van der Waals surface area contributed by atoms with Crippen LogP contribution in [0.4, 0.5) is 0 Å². The van der Waals surface area contributed by atoms with Crippen molar-refractivity contribution in [3.63, 3.8) is 0 Å². The van der Waals surface area contributed by atoms with Gasteiger partial charge in [-0.2, -0.15) is 5.10 Å². The molecule has 0 spiro atoms. The normalized spacial score (nSPS) is 15.2. The molecule has 2 aromatic heterocycles. The van der Waals surface area contributed by atoms with Gasteiger partial charge in [-0.15, -0.1) is 0 Å². The molecule has 0 unspecified atom stereocenters. The molecule has 8 heteroatoms. The summed E-state index contributed by atoms with van der Waals surface area (Å²) in [4.78, 5) is 37.1. The first-order chi connectivity index (χ1) is 12.7. The fourth-order valence-corrected chi connectivity index (χ4v) is 3.32. The molecule has 8 nitrogen and oxygen atoms in total. The zero-order valence-corrected chi connectivity index (χ0v) is 14.1. The Morgan fingerprint density at radius 1 is 1.15 bits per heavy atom. The lowest BCUT2D eigenvalue weighted by molar-refractivity contribution is 0.0711. The monoisotopic (exact) mass is 350 g/mol. The van der Waals surface area contributed by atoms with Gasteiger partial charge in [-0.1, -0.05) is 30.3 Å². The van der Waals surface area contributed by atoms with Gasteiger partial charge in [0.2, 0.25) is 0 Å². The van der Waals surface area contributed by atoms with Crippen LogP contribution in [0.25, 0.3) is 11.3 Å². The van der Waals surface area contributed by atoms with Crippen LogP contribution in [0.15, 0.2) is 47.7 Å². The van der Waals surface area contributed by atoms with E-state index in [1.165, 1.54) is 6.33 Å². The molecular formula is C18H18N6O2. The van der Waals surface area contributed by atoms with Gasteiger partial charge in [0.25, 0.3) is 5.91 Å². The van der Waals surface area contributed by atoms with E-state index in [4.69, 9.17) is 0 Å². The minimum atomic E-state index is -0.299. The van der Waals surface area contributed by atoms with Crippen molar-refractivity contribution in [3.05, 3.63) is 64.7 Å². The Bertz CT molecular complexity index is 957. The third-order valence-electron chi connectivity index (χ3n) is 4.68. The first-order valence-corrected chi connectivity index (χ1v) is 8.51. The van der Waals surface area contributed by atoms with Gasteiger partial charge in [0.15, 0.2) is 0 Å². The smallest absolute Gasteiger partial charge is 0.338 e. The Morgan fingerprint density at radius 2 is 1.92 bits per heavy atom. The second kappa shape index (κ2) is 6.91. The fraction of sp³-hybridized carbons (Fsp3) is 0.278. The topological polar surface area (TPSA) is 108 Å². The summed E-state index contributed by atoms with van der Waals surface area (Å²) in [7, 11) is 0. The highest BCUT2D eigenvalue weighted by Crippen LogP contribution is 2.27. The number of carbonyl (C=O) groups excluding carboxylic acids is 1. The molecule has 0 radical (unpaired) electrons.